The van der Waals surface area contributed by atoms with Crippen LogP contribution in [-0.4, -0.2) is 5.78 Å². The fourth-order valence-electron chi connectivity index (χ4n) is 2.51. The van der Waals surface area contributed by atoms with Crippen LogP contribution in [0.2, 0.25) is 10.0 Å². The molecule has 1 aliphatic rings. The lowest BCUT2D eigenvalue weighted by molar-refractivity contribution is -0.119. The number of rotatable bonds is 4. The Morgan fingerprint density at radius 1 is 1.24 bits per heavy atom. The molecule has 0 atom stereocenters. The Bertz CT molecular complexity index is 409. The summed E-state index contributed by atoms with van der Waals surface area (Å²) in [6, 6.07) is 5.46. The van der Waals surface area contributed by atoms with Crippen LogP contribution in [0.1, 0.15) is 37.7 Å². The van der Waals surface area contributed by atoms with Crippen molar-refractivity contribution in [1.29, 1.82) is 0 Å². The Morgan fingerprint density at radius 3 is 2.65 bits per heavy atom. The molecule has 0 amide bonds. The van der Waals surface area contributed by atoms with E-state index in [1.54, 1.807) is 6.07 Å². The Kier molecular flexibility index (Phi) is 4.47. The highest BCUT2D eigenvalue weighted by Gasteiger charge is 2.19. The van der Waals surface area contributed by atoms with Gasteiger partial charge in [0.2, 0.25) is 0 Å². The average molecular weight is 271 g/mol. The van der Waals surface area contributed by atoms with Crippen LogP contribution in [0.3, 0.4) is 0 Å². The van der Waals surface area contributed by atoms with Gasteiger partial charge in [0.25, 0.3) is 0 Å². The maximum atomic E-state index is 11.9. The van der Waals surface area contributed by atoms with Crippen molar-refractivity contribution in [2.75, 3.05) is 0 Å². The zero-order valence-corrected chi connectivity index (χ0v) is 11.2. The second kappa shape index (κ2) is 5.88. The second-order valence-electron chi connectivity index (χ2n) is 4.78. The molecule has 1 fully saturated rings. The smallest absolute Gasteiger partial charge is 0.137 e. The zero-order chi connectivity index (χ0) is 12.3. The fraction of sp³-hybridized carbons (Fsp3) is 0.500. The van der Waals surface area contributed by atoms with Crippen molar-refractivity contribution in [2.24, 2.45) is 5.92 Å². The minimum absolute atomic E-state index is 0.279. The summed E-state index contributed by atoms with van der Waals surface area (Å²) >= 11 is 12.0. The normalized spacial score (nSPS) is 16.4. The first kappa shape index (κ1) is 12.9. The number of carbonyl (C=O) groups is 1. The van der Waals surface area contributed by atoms with Gasteiger partial charge >= 0.3 is 0 Å². The van der Waals surface area contributed by atoms with Gasteiger partial charge in [0.05, 0.1) is 10.0 Å². The molecule has 0 saturated heterocycles. The third kappa shape index (κ3) is 3.46. The predicted molar refractivity (Wildman–Crippen MR) is 71.7 cm³/mol. The Balaban J connectivity index is 1.95. The SMILES string of the molecule is O=C(Cc1cccc(Cl)c1Cl)CC1CCCC1. The van der Waals surface area contributed by atoms with Crippen LogP contribution in [0.15, 0.2) is 18.2 Å². The molecule has 0 N–H and O–H groups in total. The molecule has 0 aliphatic heterocycles. The first-order valence-electron chi connectivity index (χ1n) is 6.11. The molecule has 1 aliphatic carbocycles. The van der Waals surface area contributed by atoms with Gasteiger partial charge in [-0.2, -0.15) is 0 Å². The Hall–Kier alpha value is -0.530. The minimum Gasteiger partial charge on any atom is -0.299 e. The average Bonchev–Trinajstić information content (AvgIpc) is 2.77. The molecule has 3 heteroatoms. The van der Waals surface area contributed by atoms with Gasteiger partial charge in [0, 0.05) is 12.8 Å². The van der Waals surface area contributed by atoms with Crippen molar-refractivity contribution < 1.29 is 4.79 Å². The van der Waals surface area contributed by atoms with Gasteiger partial charge in [0.1, 0.15) is 5.78 Å². The number of benzene rings is 1. The highest BCUT2D eigenvalue weighted by molar-refractivity contribution is 6.42. The van der Waals surface area contributed by atoms with Crippen molar-refractivity contribution in [3.63, 3.8) is 0 Å². The largest absolute Gasteiger partial charge is 0.299 e. The maximum absolute atomic E-state index is 11.9. The number of ketones is 1. The van der Waals surface area contributed by atoms with E-state index in [0.29, 0.717) is 28.8 Å². The lowest BCUT2D eigenvalue weighted by Crippen LogP contribution is -2.08. The van der Waals surface area contributed by atoms with Crippen LogP contribution >= 0.6 is 23.2 Å². The van der Waals surface area contributed by atoms with Gasteiger partial charge in [-0.05, 0) is 17.5 Å². The molecule has 0 aromatic heterocycles. The summed E-state index contributed by atoms with van der Waals surface area (Å²) in [5.41, 5.74) is 0.849. The summed E-state index contributed by atoms with van der Waals surface area (Å²) in [5, 5.41) is 1.05. The maximum Gasteiger partial charge on any atom is 0.137 e. The molecule has 0 unspecified atom stereocenters. The third-order valence-corrected chi connectivity index (χ3v) is 4.27. The molecule has 1 aromatic rings. The minimum atomic E-state index is 0.279. The standard InChI is InChI=1S/C14H16Cl2O/c15-13-7-3-6-11(14(13)16)9-12(17)8-10-4-1-2-5-10/h3,6-7,10H,1-2,4-5,8-9H2. The molecule has 2 rings (SSSR count). The number of halogens is 2. The third-order valence-electron chi connectivity index (χ3n) is 3.41. The van der Waals surface area contributed by atoms with Gasteiger partial charge in [-0.3, -0.25) is 4.79 Å². The van der Waals surface area contributed by atoms with Crippen LogP contribution in [0.4, 0.5) is 0 Å². The summed E-state index contributed by atoms with van der Waals surface area (Å²) in [6.45, 7) is 0. The Morgan fingerprint density at radius 2 is 1.94 bits per heavy atom. The van der Waals surface area contributed by atoms with Gasteiger partial charge in [0.15, 0.2) is 0 Å². The zero-order valence-electron chi connectivity index (χ0n) is 9.72. The van der Waals surface area contributed by atoms with E-state index in [4.69, 9.17) is 23.2 Å². The molecular weight excluding hydrogens is 255 g/mol. The van der Waals surface area contributed by atoms with E-state index >= 15 is 0 Å². The fourth-order valence-corrected chi connectivity index (χ4v) is 2.89. The lowest BCUT2D eigenvalue weighted by atomic mass is 9.97. The molecule has 0 bridgehead atoms. The van der Waals surface area contributed by atoms with Crippen LogP contribution in [-0.2, 0) is 11.2 Å². The highest BCUT2D eigenvalue weighted by Crippen LogP contribution is 2.30. The van der Waals surface area contributed by atoms with E-state index in [9.17, 15) is 4.79 Å². The molecule has 0 spiro atoms. The second-order valence-corrected chi connectivity index (χ2v) is 5.57. The first-order chi connectivity index (χ1) is 8.16. The van der Waals surface area contributed by atoms with Crippen LogP contribution in [0.25, 0.3) is 0 Å². The summed E-state index contributed by atoms with van der Waals surface area (Å²) in [7, 11) is 0. The number of carbonyl (C=O) groups excluding carboxylic acids is 1. The summed E-state index contributed by atoms with van der Waals surface area (Å²) in [4.78, 5) is 11.9. The van der Waals surface area contributed by atoms with Crippen LogP contribution < -0.4 is 0 Å². The van der Waals surface area contributed by atoms with Crippen LogP contribution in [0.5, 0.6) is 0 Å². The molecule has 1 aromatic carbocycles. The van der Waals surface area contributed by atoms with Gasteiger partial charge in [-0.1, -0.05) is 61.0 Å². The molecule has 92 valence electrons. The van der Waals surface area contributed by atoms with E-state index < -0.39 is 0 Å². The van der Waals surface area contributed by atoms with E-state index in [0.717, 1.165) is 5.56 Å². The monoisotopic (exact) mass is 270 g/mol. The van der Waals surface area contributed by atoms with E-state index in [2.05, 4.69) is 0 Å². The van der Waals surface area contributed by atoms with Crippen LogP contribution in [0, 0.1) is 5.92 Å². The van der Waals surface area contributed by atoms with Crippen molar-refractivity contribution in [2.45, 2.75) is 38.5 Å². The molecule has 0 heterocycles. The van der Waals surface area contributed by atoms with Gasteiger partial charge < -0.3 is 0 Å². The molecule has 1 saturated carbocycles. The number of Topliss-reactive ketones (excluding diaryl/α,β-unsaturated/α-hetero) is 1. The molecule has 0 radical (unpaired) electrons. The molecular formula is C14H16Cl2O. The topological polar surface area (TPSA) is 17.1 Å². The van der Waals surface area contributed by atoms with E-state index in [1.807, 2.05) is 12.1 Å². The van der Waals surface area contributed by atoms with Crippen molar-refractivity contribution >= 4 is 29.0 Å². The molecule has 17 heavy (non-hydrogen) atoms. The van der Waals surface area contributed by atoms with Gasteiger partial charge in [-0.25, -0.2) is 0 Å². The molecule has 1 nitrogen and oxygen atoms in total. The Labute approximate surface area is 112 Å². The predicted octanol–water partition coefficient (Wildman–Crippen LogP) is 4.69. The van der Waals surface area contributed by atoms with Gasteiger partial charge in [-0.15, -0.1) is 0 Å². The van der Waals surface area contributed by atoms with Crippen molar-refractivity contribution in [3.05, 3.63) is 33.8 Å². The van der Waals surface area contributed by atoms with Crippen molar-refractivity contribution in [1.82, 2.24) is 0 Å². The summed E-state index contributed by atoms with van der Waals surface area (Å²) in [5.74, 6) is 0.876. The first-order valence-corrected chi connectivity index (χ1v) is 6.87. The van der Waals surface area contributed by atoms with E-state index in [1.165, 1.54) is 25.7 Å². The lowest BCUT2D eigenvalue weighted by Gasteiger charge is -2.09. The summed E-state index contributed by atoms with van der Waals surface area (Å²) in [6.07, 6.45) is 6.06. The number of hydrogen-bond donors (Lipinski definition) is 0. The van der Waals surface area contributed by atoms with E-state index in [-0.39, 0.29) is 5.78 Å². The number of hydrogen-bond acceptors (Lipinski definition) is 1. The highest BCUT2D eigenvalue weighted by atomic mass is 35.5. The summed E-state index contributed by atoms with van der Waals surface area (Å²) < 4.78 is 0. The van der Waals surface area contributed by atoms with Crippen molar-refractivity contribution in [3.8, 4) is 0 Å². The quantitative estimate of drug-likeness (QED) is 0.776.